The Kier molecular flexibility index (Phi) is 5.82. The molecule has 8 heteroatoms. The Labute approximate surface area is 191 Å². The molecule has 0 atom stereocenters. The van der Waals surface area contributed by atoms with Crippen LogP contribution in [0, 0.1) is 0 Å². The van der Waals surface area contributed by atoms with E-state index in [1.165, 1.54) is 0 Å². The topological polar surface area (TPSA) is 110 Å². The number of nitrogens with zero attached hydrogens (tertiary/aromatic N) is 4. The van der Waals surface area contributed by atoms with E-state index < -0.39 is 0 Å². The van der Waals surface area contributed by atoms with Gasteiger partial charge in [-0.25, -0.2) is 4.98 Å². The van der Waals surface area contributed by atoms with Crippen LogP contribution in [-0.2, 0) is 0 Å². The molecule has 0 aliphatic carbocycles. The molecule has 1 fully saturated rings. The molecule has 4 aromatic rings. The van der Waals surface area contributed by atoms with Crippen LogP contribution in [0.15, 0.2) is 71.3 Å². The number of amides is 1. The lowest BCUT2D eigenvalue weighted by Gasteiger charge is -2.20. The zero-order valence-electron chi connectivity index (χ0n) is 18.1. The number of hydrogen-bond acceptors (Lipinski definition) is 7. The Bertz CT molecular complexity index is 1250. The van der Waals surface area contributed by atoms with Crippen LogP contribution >= 0.6 is 0 Å². The summed E-state index contributed by atoms with van der Waals surface area (Å²) in [4.78, 5) is 19.1. The third kappa shape index (κ3) is 4.47. The van der Waals surface area contributed by atoms with Gasteiger partial charge in [-0.3, -0.25) is 4.79 Å². The number of benzene rings is 2. The first-order valence-electron chi connectivity index (χ1n) is 10.9. The predicted molar refractivity (Wildman–Crippen MR) is 126 cm³/mol. The second-order valence-corrected chi connectivity index (χ2v) is 7.91. The molecule has 166 valence electrons. The van der Waals surface area contributed by atoms with Crippen LogP contribution in [0.25, 0.3) is 34.0 Å². The normalized spacial score (nSPS) is 14.1. The van der Waals surface area contributed by atoms with Crippen molar-refractivity contribution < 1.29 is 9.21 Å². The van der Waals surface area contributed by atoms with Gasteiger partial charge in [0.2, 0.25) is 5.89 Å². The number of nitrogens with two attached hydrogens (primary N) is 1. The lowest BCUT2D eigenvalue weighted by molar-refractivity contribution is 0.0766. The first-order valence-corrected chi connectivity index (χ1v) is 10.9. The van der Waals surface area contributed by atoms with Gasteiger partial charge in [-0.15, -0.1) is 10.2 Å². The van der Waals surface area contributed by atoms with E-state index in [2.05, 4.69) is 20.5 Å². The van der Waals surface area contributed by atoms with Gasteiger partial charge in [0.15, 0.2) is 0 Å². The monoisotopic (exact) mass is 440 g/mol. The zero-order chi connectivity index (χ0) is 22.6. The van der Waals surface area contributed by atoms with E-state index in [-0.39, 0.29) is 5.91 Å². The van der Waals surface area contributed by atoms with Crippen molar-refractivity contribution >= 4 is 11.7 Å². The number of hydrogen-bond donors (Lipinski definition) is 2. The van der Waals surface area contributed by atoms with Gasteiger partial charge in [-0.2, -0.15) is 0 Å². The lowest BCUT2D eigenvalue weighted by Crippen LogP contribution is -2.34. The summed E-state index contributed by atoms with van der Waals surface area (Å²) in [6, 6.07) is 19.0. The zero-order valence-corrected chi connectivity index (χ0v) is 18.1. The molecule has 33 heavy (non-hydrogen) atoms. The van der Waals surface area contributed by atoms with E-state index in [1.807, 2.05) is 65.6 Å². The highest BCUT2D eigenvalue weighted by Gasteiger charge is 2.18. The molecule has 8 nitrogen and oxygen atoms in total. The molecule has 1 amide bonds. The molecule has 0 bridgehead atoms. The van der Waals surface area contributed by atoms with E-state index in [0.29, 0.717) is 28.7 Å². The molecular weight excluding hydrogens is 416 g/mol. The number of nitrogens with one attached hydrogen (secondary N) is 1. The largest absolute Gasteiger partial charge is 0.416 e. The number of aromatic nitrogens is 3. The summed E-state index contributed by atoms with van der Waals surface area (Å²) in [5.41, 5.74) is 9.95. The van der Waals surface area contributed by atoms with E-state index in [1.54, 1.807) is 6.20 Å². The molecule has 2 aromatic carbocycles. The van der Waals surface area contributed by atoms with Crippen molar-refractivity contribution in [1.82, 2.24) is 25.4 Å². The minimum atomic E-state index is 0.0562. The molecule has 0 saturated carbocycles. The van der Waals surface area contributed by atoms with Gasteiger partial charge < -0.3 is 20.4 Å². The highest BCUT2D eigenvalue weighted by molar-refractivity contribution is 5.94. The Balaban J connectivity index is 1.39. The molecule has 0 radical (unpaired) electrons. The number of pyridine rings is 1. The first kappa shape index (κ1) is 20.8. The summed E-state index contributed by atoms with van der Waals surface area (Å²) in [6.07, 6.45) is 2.66. The van der Waals surface area contributed by atoms with Gasteiger partial charge in [0.1, 0.15) is 5.82 Å². The summed E-state index contributed by atoms with van der Waals surface area (Å²) in [7, 11) is 0. The van der Waals surface area contributed by atoms with Gasteiger partial charge in [-0.05, 0) is 48.9 Å². The van der Waals surface area contributed by atoms with Crippen LogP contribution in [0.4, 0.5) is 5.82 Å². The molecule has 1 aliphatic heterocycles. The van der Waals surface area contributed by atoms with Gasteiger partial charge in [0.05, 0.1) is 5.56 Å². The van der Waals surface area contributed by atoms with E-state index in [4.69, 9.17) is 10.2 Å². The SMILES string of the molecule is Nc1ncc(-c2ccc(C(=O)N3CCCNCC3)cc2)cc1-c1nnc(-c2ccccc2)o1. The van der Waals surface area contributed by atoms with Crippen molar-refractivity contribution in [2.75, 3.05) is 31.9 Å². The van der Waals surface area contributed by atoms with Crippen molar-refractivity contribution in [1.29, 1.82) is 0 Å². The average Bonchev–Trinajstić information content (AvgIpc) is 3.19. The van der Waals surface area contributed by atoms with Crippen LogP contribution < -0.4 is 11.1 Å². The third-order valence-corrected chi connectivity index (χ3v) is 5.69. The fraction of sp³-hybridized carbons (Fsp3) is 0.200. The Morgan fingerprint density at radius 2 is 1.70 bits per heavy atom. The summed E-state index contributed by atoms with van der Waals surface area (Å²) in [5.74, 6) is 1.09. The van der Waals surface area contributed by atoms with Crippen LogP contribution in [-0.4, -0.2) is 52.2 Å². The van der Waals surface area contributed by atoms with Crippen LogP contribution in [0.2, 0.25) is 0 Å². The van der Waals surface area contributed by atoms with Gasteiger partial charge >= 0.3 is 0 Å². The van der Waals surface area contributed by atoms with Crippen LogP contribution in [0.5, 0.6) is 0 Å². The van der Waals surface area contributed by atoms with Crippen molar-refractivity contribution in [2.24, 2.45) is 0 Å². The average molecular weight is 441 g/mol. The maximum absolute atomic E-state index is 12.8. The third-order valence-electron chi connectivity index (χ3n) is 5.69. The molecule has 3 heterocycles. The summed E-state index contributed by atoms with van der Waals surface area (Å²) in [5, 5.41) is 11.6. The summed E-state index contributed by atoms with van der Waals surface area (Å²) in [6.45, 7) is 3.27. The molecule has 5 rings (SSSR count). The molecule has 0 spiro atoms. The van der Waals surface area contributed by atoms with Gasteiger partial charge in [-0.1, -0.05) is 30.3 Å². The Hall–Kier alpha value is -4.04. The maximum atomic E-state index is 12.8. The molecule has 0 unspecified atom stereocenters. The standard InChI is InChI=1S/C25H24N6O2/c26-22-21(24-30-29-23(33-24)18-5-2-1-3-6-18)15-20(16-28-22)17-7-9-19(10-8-17)25(32)31-13-4-11-27-12-14-31/h1-3,5-10,15-16,27H,4,11-14H2,(H2,26,28). The summed E-state index contributed by atoms with van der Waals surface area (Å²) >= 11 is 0. The second-order valence-electron chi connectivity index (χ2n) is 7.91. The second kappa shape index (κ2) is 9.22. The molecule has 1 saturated heterocycles. The number of anilines is 1. The minimum Gasteiger partial charge on any atom is -0.416 e. The number of carbonyl (C=O) groups is 1. The van der Waals surface area contributed by atoms with E-state index >= 15 is 0 Å². The Morgan fingerprint density at radius 1 is 0.909 bits per heavy atom. The fourth-order valence-corrected chi connectivity index (χ4v) is 3.87. The highest BCUT2D eigenvalue weighted by atomic mass is 16.4. The van der Waals surface area contributed by atoms with Crippen LogP contribution in [0.3, 0.4) is 0 Å². The number of rotatable bonds is 4. The molecule has 3 N–H and O–H groups in total. The predicted octanol–water partition coefficient (Wildman–Crippen LogP) is 3.48. The molecular formula is C25H24N6O2. The van der Waals surface area contributed by atoms with Crippen molar-refractivity contribution in [3.63, 3.8) is 0 Å². The first-order chi connectivity index (χ1) is 16.2. The molecule has 1 aliphatic rings. The van der Waals surface area contributed by atoms with Crippen molar-refractivity contribution in [2.45, 2.75) is 6.42 Å². The van der Waals surface area contributed by atoms with E-state index in [0.717, 1.165) is 49.3 Å². The van der Waals surface area contributed by atoms with Crippen molar-refractivity contribution in [3.8, 4) is 34.0 Å². The van der Waals surface area contributed by atoms with Crippen LogP contribution in [0.1, 0.15) is 16.8 Å². The van der Waals surface area contributed by atoms with Gasteiger partial charge in [0, 0.05) is 42.5 Å². The number of nitrogen functional groups attached to an aromatic ring is 1. The smallest absolute Gasteiger partial charge is 0.253 e. The van der Waals surface area contributed by atoms with Gasteiger partial charge in [0.25, 0.3) is 11.8 Å². The van der Waals surface area contributed by atoms with E-state index in [9.17, 15) is 4.79 Å². The highest BCUT2D eigenvalue weighted by Crippen LogP contribution is 2.31. The lowest BCUT2D eigenvalue weighted by atomic mass is 10.0. The molecule has 2 aromatic heterocycles. The minimum absolute atomic E-state index is 0.0562. The fourth-order valence-electron chi connectivity index (χ4n) is 3.87. The maximum Gasteiger partial charge on any atom is 0.253 e. The summed E-state index contributed by atoms with van der Waals surface area (Å²) < 4.78 is 5.86. The Morgan fingerprint density at radius 3 is 2.52 bits per heavy atom. The van der Waals surface area contributed by atoms with Crippen molar-refractivity contribution in [3.05, 3.63) is 72.4 Å². The quantitative estimate of drug-likeness (QED) is 0.500. The number of carbonyl (C=O) groups excluding carboxylic acids is 1.